The van der Waals surface area contributed by atoms with Gasteiger partial charge in [0.25, 0.3) is 0 Å². The lowest BCUT2D eigenvalue weighted by Gasteiger charge is -2.32. The molecule has 1 heterocycles. The van der Waals surface area contributed by atoms with E-state index in [4.69, 9.17) is 9.31 Å². The first-order chi connectivity index (χ1) is 8.80. The number of rotatable bonds is 3. The molecule has 0 saturated carbocycles. The van der Waals surface area contributed by atoms with E-state index < -0.39 is 0 Å². The van der Waals surface area contributed by atoms with E-state index in [2.05, 4.69) is 57.5 Å². The Morgan fingerprint density at radius 2 is 1.68 bits per heavy atom. The average molecular weight is 279 g/mol. The van der Waals surface area contributed by atoms with Crippen LogP contribution in [0.4, 0.5) is 5.69 Å². The first kappa shape index (κ1) is 14.8. The molecule has 0 unspecified atom stereocenters. The van der Waals surface area contributed by atoms with Gasteiger partial charge in [0.1, 0.15) is 0 Å². The molecule has 0 aromatic heterocycles. The third-order valence-electron chi connectivity index (χ3n) is 4.02. The lowest BCUT2D eigenvalue weighted by atomic mass is 9.79. The number of thioether (sulfide) groups is 1. The van der Waals surface area contributed by atoms with Crippen LogP contribution in [0.5, 0.6) is 0 Å². The zero-order chi connectivity index (χ0) is 14.3. The molecule has 1 aliphatic heterocycles. The van der Waals surface area contributed by atoms with E-state index in [1.54, 1.807) is 11.8 Å². The van der Waals surface area contributed by atoms with Crippen molar-refractivity contribution in [2.24, 2.45) is 0 Å². The first-order valence-electron chi connectivity index (χ1n) is 6.52. The molecule has 0 amide bonds. The zero-order valence-corrected chi connectivity index (χ0v) is 13.4. The molecule has 1 saturated heterocycles. The summed E-state index contributed by atoms with van der Waals surface area (Å²) < 4.78 is 12.1. The molecule has 1 fully saturated rings. The molecule has 0 atom stereocenters. The lowest BCUT2D eigenvalue weighted by Crippen LogP contribution is -2.41. The Balaban J connectivity index is 2.30. The molecule has 0 bridgehead atoms. The quantitative estimate of drug-likeness (QED) is 0.681. The van der Waals surface area contributed by atoms with Crippen molar-refractivity contribution in [3.63, 3.8) is 0 Å². The van der Waals surface area contributed by atoms with E-state index in [1.807, 2.05) is 7.05 Å². The fourth-order valence-corrected chi connectivity index (χ4v) is 2.63. The highest BCUT2D eigenvalue weighted by molar-refractivity contribution is 7.98. The standard InChI is InChI=1S/C14H22BNO2S/c1-13(2)14(3,4)18-15(17-13)10-7-8-12(19-6)11(9-10)16-5/h7-9,16H,1-6H3. The van der Waals surface area contributed by atoms with Gasteiger partial charge in [-0.25, -0.2) is 0 Å². The van der Waals surface area contributed by atoms with Crippen LogP contribution < -0.4 is 10.8 Å². The van der Waals surface area contributed by atoms with Gasteiger partial charge < -0.3 is 14.6 Å². The van der Waals surface area contributed by atoms with Crippen molar-refractivity contribution < 1.29 is 9.31 Å². The summed E-state index contributed by atoms with van der Waals surface area (Å²) in [4.78, 5) is 1.22. The fraction of sp³-hybridized carbons (Fsp3) is 0.571. The molecule has 19 heavy (non-hydrogen) atoms. The maximum Gasteiger partial charge on any atom is 0.494 e. The second-order valence-electron chi connectivity index (χ2n) is 5.80. The van der Waals surface area contributed by atoms with Gasteiger partial charge in [-0.1, -0.05) is 6.07 Å². The maximum absolute atomic E-state index is 6.07. The van der Waals surface area contributed by atoms with Crippen molar-refractivity contribution in [3.8, 4) is 0 Å². The Bertz CT molecular complexity index is 461. The summed E-state index contributed by atoms with van der Waals surface area (Å²) in [5.41, 5.74) is 1.58. The second kappa shape index (κ2) is 5.04. The summed E-state index contributed by atoms with van der Waals surface area (Å²) >= 11 is 1.73. The number of benzene rings is 1. The van der Waals surface area contributed by atoms with Gasteiger partial charge in [-0.05, 0) is 51.5 Å². The predicted octanol–water partition coefficient (Wildman–Crippen LogP) is 2.75. The van der Waals surface area contributed by atoms with Gasteiger partial charge >= 0.3 is 7.12 Å². The van der Waals surface area contributed by atoms with E-state index in [1.165, 1.54) is 4.90 Å². The number of anilines is 1. The molecule has 0 radical (unpaired) electrons. The lowest BCUT2D eigenvalue weighted by molar-refractivity contribution is 0.00578. The third kappa shape index (κ3) is 2.64. The summed E-state index contributed by atoms with van der Waals surface area (Å²) in [7, 11) is 1.64. The molecule has 2 rings (SSSR count). The molecule has 1 aromatic carbocycles. The van der Waals surface area contributed by atoms with Crippen LogP contribution >= 0.6 is 11.8 Å². The monoisotopic (exact) mass is 279 g/mol. The van der Waals surface area contributed by atoms with Crippen molar-refractivity contribution in [2.75, 3.05) is 18.6 Å². The topological polar surface area (TPSA) is 30.5 Å². The van der Waals surface area contributed by atoms with E-state index in [0.717, 1.165) is 11.2 Å². The largest absolute Gasteiger partial charge is 0.494 e. The van der Waals surface area contributed by atoms with Gasteiger partial charge in [0.2, 0.25) is 0 Å². The van der Waals surface area contributed by atoms with E-state index in [-0.39, 0.29) is 18.3 Å². The first-order valence-corrected chi connectivity index (χ1v) is 7.74. The van der Waals surface area contributed by atoms with Gasteiger partial charge in [-0.3, -0.25) is 0 Å². The summed E-state index contributed by atoms with van der Waals surface area (Å²) in [5.74, 6) is 0. The Labute approximate surface area is 120 Å². The van der Waals surface area contributed by atoms with E-state index >= 15 is 0 Å². The molecular weight excluding hydrogens is 257 g/mol. The normalized spacial score (nSPS) is 20.6. The SMILES string of the molecule is CNc1cc(B2OC(C)(C)C(C)(C)O2)ccc1SC. The van der Waals surface area contributed by atoms with E-state index in [0.29, 0.717) is 0 Å². The summed E-state index contributed by atoms with van der Waals surface area (Å²) in [6.45, 7) is 8.29. The fourth-order valence-electron chi connectivity index (χ4n) is 2.05. The van der Waals surface area contributed by atoms with Crippen LogP contribution in [0.3, 0.4) is 0 Å². The Kier molecular flexibility index (Phi) is 3.91. The van der Waals surface area contributed by atoms with Crippen molar-refractivity contribution >= 4 is 30.0 Å². The van der Waals surface area contributed by atoms with Crippen LogP contribution in [0.25, 0.3) is 0 Å². The molecule has 5 heteroatoms. The third-order valence-corrected chi connectivity index (χ3v) is 4.81. The molecule has 1 N–H and O–H groups in total. The minimum absolute atomic E-state index is 0.296. The number of hydrogen-bond donors (Lipinski definition) is 1. The molecule has 1 aliphatic rings. The summed E-state index contributed by atoms with van der Waals surface area (Å²) in [6, 6.07) is 6.29. The maximum atomic E-state index is 6.07. The van der Waals surface area contributed by atoms with Gasteiger partial charge in [0.15, 0.2) is 0 Å². The van der Waals surface area contributed by atoms with Crippen LogP contribution in [-0.2, 0) is 9.31 Å². The van der Waals surface area contributed by atoms with Crippen molar-refractivity contribution in [1.82, 2.24) is 0 Å². The molecular formula is C14H22BNO2S. The Morgan fingerprint density at radius 1 is 1.11 bits per heavy atom. The van der Waals surface area contributed by atoms with Crippen molar-refractivity contribution in [2.45, 2.75) is 43.8 Å². The van der Waals surface area contributed by atoms with Crippen LogP contribution in [0.2, 0.25) is 0 Å². The molecule has 3 nitrogen and oxygen atoms in total. The summed E-state index contributed by atoms with van der Waals surface area (Å²) in [6.07, 6.45) is 2.07. The Morgan fingerprint density at radius 3 is 2.16 bits per heavy atom. The second-order valence-corrected chi connectivity index (χ2v) is 6.65. The minimum Gasteiger partial charge on any atom is -0.399 e. The van der Waals surface area contributed by atoms with Gasteiger partial charge in [-0.15, -0.1) is 11.8 Å². The smallest absolute Gasteiger partial charge is 0.399 e. The predicted molar refractivity (Wildman–Crippen MR) is 83.5 cm³/mol. The van der Waals surface area contributed by atoms with Gasteiger partial charge in [0.05, 0.1) is 11.2 Å². The molecule has 104 valence electrons. The summed E-state index contributed by atoms with van der Waals surface area (Å²) in [5, 5.41) is 3.22. The Hall–Kier alpha value is -0.645. The zero-order valence-electron chi connectivity index (χ0n) is 12.5. The molecule has 0 spiro atoms. The number of hydrogen-bond acceptors (Lipinski definition) is 4. The molecule has 0 aliphatic carbocycles. The van der Waals surface area contributed by atoms with Crippen LogP contribution in [0, 0.1) is 0 Å². The van der Waals surface area contributed by atoms with Crippen LogP contribution in [0.1, 0.15) is 27.7 Å². The highest BCUT2D eigenvalue weighted by Crippen LogP contribution is 2.36. The van der Waals surface area contributed by atoms with Crippen molar-refractivity contribution in [1.29, 1.82) is 0 Å². The van der Waals surface area contributed by atoms with Crippen molar-refractivity contribution in [3.05, 3.63) is 18.2 Å². The highest BCUT2D eigenvalue weighted by atomic mass is 32.2. The van der Waals surface area contributed by atoms with Gasteiger partial charge in [-0.2, -0.15) is 0 Å². The van der Waals surface area contributed by atoms with Crippen LogP contribution in [-0.4, -0.2) is 31.6 Å². The minimum atomic E-state index is -0.298. The van der Waals surface area contributed by atoms with Gasteiger partial charge in [0, 0.05) is 17.6 Å². The highest BCUT2D eigenvalue weighted by Gasteiger charge is 2.51. The van der Waals surface area contributed by atoms with E-state index in [9.17, 15) is 0 Å². The number of nitrogens with one attached hydrogen (secondary N) is 1. The molecule has 1 aromatic rings. The van der Waals surface area contributed by atoms with Crippen LogP contribution in [0.15, 0.2) is 23.1 Å². The average Bonchev–Trinajstić information content (AvgIpc) is 2.57.